The van der Waals surface area contributed by atoms with E-state index in [-0.39, 0.29) is 0 Å². The van der Waals surface area contributed by atoms with E-state index in [1.807, 2.05) is 44.2 Å². The highest BCUT2D eigenvalue weighted by atomic mass is 35.5. The molecule has 0 saturated heterocycles. The number of aromatic nitrogens is 1. The quantitative estimate of drug-likeness (QED) is 0.695. The van der Waals surface area contributed by atoms with E-state index in [1.165, 1.54) is 0 Å². The van der Waals surface area contributed by atoms with Gasteiger partial charge in [-0.15, -0.1) is 0 Å². The van der Waals surface area contributed by atoms with Gasteiger partial charge in [0.15, 0.2) is 0 Å². The lowest BCUT2D eigenvalue weighted by Gasteiger charge is -2.10. The van der Waals surface area contributed by atoms with Crippen molar-refractivity contribution >= 4 is 28.6 Å². The third-order valence-corrected chi connectivity index (χ3v) is 3.45. The molecule has 0 N–H and O–H groups in total. The lowest BCUT2D eigenvalue weighted by Crippen LogP contribution is -2.01. The van der Waals surface area contributed by atoms with Gasteiger partial charge in [-0.2, -0.15) is 0 Å². The molecule has 0 saturated carbocycles. The number of nitrogens with zero attached hydrogens (tertiary/aromatic N) is 2. The number of benzene rings is 1. The van der Waals surface area contributed by atoms with Crippen LogP contribution in [0, 0.1) is 6.92 Å². The number of aliphatic imine (C=N–C) groups is 1. The Kier molecular flexibility index (Phi) is 4.71. The van der Waals surface area contributed by atoms with Crippen molar-refractivity contribution < 1.29 is 0 Å². The molecule has 0 unspecified atom stereocenters. The zero-order chi connectivity index (χ0) is 15.4. The summed E-state index contributed by atoms with van der Waals surface area (Å²) in [4.78, 5) is 9.00. The van der Waals surface area contributed by atoms with Crippen LogP contribution < -0.4 is 0 Å². The zero-order valence-electron chi connectivity index (χ0n) is 12.2. The van der Waals surface area contributed by atoms with Crippen LogP contribution in [0.3, 0.4) is 0 Å². The molecule has 106 valence electrons. The van der Waals surface area contributed by atoms with Crippen LogP contribution in [0.25, 0.3) is 5.57 Å². The molecule has 0 fully saturated rings. The first-order valence-corrected chi connectivity index (χ1v) is 7.00. The van der Waals surface area contributed by atoms with Crippen LogP contribution in [0.4, 0.5) is 5.69 Å². The molecule has 0 aliphatic heterocycles. The van der Waals surface area contributed by atoms with E-state index in [1.54, 1.807) is 12.3 Å². The van der Waals surface area contributed by atoms with Crippen LogP contribution in [0.5, 0.6) is 0 Å². The molecule has 3 heteroatoms. The van der Waals surface area contributed by atoms with Crippen molar-refractivity contribution in [1.29, 1.82) is 0 Å². The fourth-order valence-electron chi connectivity index (χ4n) is 2.13. The number of hydrogen-bond acceptors (Lipinski definition) is 2. The van der Waals surface area contributed by atoms with Gasteiger partial charge >= 0.3 is 0 Å². The molecule has 0 aliphatic carbocycles. The molecule has 0 amide bonds. The highest BCUT2D eigenvalue weighted by Gasteiger charge is 2.09. The number of aryl methyl sites for hydroxylation is 1. The van der Waals surface area contributed by atoms with E-state index in [4.69, 9.17) is 16.6 Å². The summed E-state index contributed by atoms with van der Waals surface area (Å²) in [5.41, 5.74) is 5.17. The molecule has 0 aliphatic rings. The van der Waals surface area contributed by atoms with Gasteiger partial charge in [0, 0.05) is 23.0 Å². The van der Waals surface area contributed by atoms with Crippen molar-refractivity contribution in [3.63, 3.8) is 0 Å². The fraction of sp³-hybridized carbons (Fsp3) is 0.111. The average molecular weight is 297 g/mol. The number of hydrogen-bond donors (Lipinski definition) is 0. The summed E-state index contributed by atoms with van der Waals surface area (Å²) in [6.07, 6.45) is 3.49. The van der Waals surface area contributed by atoms with Crippen molar-refractivity contribution in [2.45, 2.75) is 13.8 Å². The molecular formula is C18H17ClN2. The normalized spacial score (nSPS) is 11.3. The van der Waals surface area contributed by atoms with Crippen LogP contribution in [-0.2, 0) is 0 Å². The lowest BCUT2D eigenvalue weighted by molar-refractivity contribution is 1.19. The van der Waals surface area contributed by atoms with Gasteiger partial charge < -0.3 is 0 Å². The minimum atomic E-state index is 0.648. The summed E-state index contributed by atoms with van der Waals surface area (Å²) < 4.78 is 0. The number of rotatable bonds is 4. The highest BCUT2D eigenvalue weighted by molar-refractivity contribution is 6.32. The number of pyridine rings is 1. The van der Waals surface area contributed by atoms with Gasteiger partial charge in [0.1, 0.15) is 0 Å². The van der Waals surface area contributed by atoms with E-state index in [0.29, 0.717) is 5.02 Å². The molecule has 0 radical (unpaired) electrons. The van der Waals surface area contributed by atoms with Gasteiger partial charge in [-0.25, -0.2) is 4.99 Å². The predicted octanol–water partition coefficient (Wildman–Crippen LogP) is 5.38. The van der Waals surface area contributed by atoms with Gasteiger partial charge in [0.2, 0.25) is 0 Å². The van der Waals surface area contributed by atoms with Crippen LogP contribution >= 0.6 is 11.6 Å². The van der Waals surface area contributed by atoms with Crippen molar-refractivity contribution in [1.82, 2.24) is 4.98 Å². The smallest absolute Gasteiger partial charge is 0.0726 e. The molecule has 2 aromatic rings. The summed E-state index contributed by atoms with van der Waals surface area (Å²) in [6.45, 7) is 11.7. The molecule has 2 rings (SSSR count). The van der Waals surface area contributed by atoms with Crippen LogP contribution in [0.1, 0.15) is 23.7 Å². The van der Waals surface area contributed by atoms with E-state index in [0.717, 1.165) is 33.8 Å². The first-order chi connectivity index (χ1) is 10.0. The minimum Gasteiger partial charge on any atom is -0.261 e. The minimum absolute atomic E-state index is 0.648. The summed E-state index contributed by atoms with van der Waals surface area (Å²) in [5, 5.41) is 0.648. The molecule has 1 aromatic heterocycles. The highest BCUT2D eigenvalue weighted by Crippen LogP contribution is 2.32. The number of halogens is 1. The molecule has 2 nitrogen and oxygen atoms in total. The molecule has 0 spiro atoms. The van der Waals surface area contributed by atoms with Crippen LogP contribution in [0.15, 0.2) is 60.8 Å². The summed E-state index contributed by atoms with van der Waals surface area (Å²) >= 11 is 6.26. The van der Waals surface area contributed by atoms with Crippen LogP contribution in [-0.4, -0.2) is 10.7 Å². The van der Waals surface area contributed by atoms with Crippen molar-refractivity contribution in [2.75, 3.05) is 0 Å². The van der Waals surface area contributed by atoms with Crippen molar-refractivity contribution in [3.8, 4) is 0 Å². The molecule has 21 heavy (non-hydrogen) atoms. The van der Waals surface area contributed by atoms with E-state index in [9.17, 15) is 0 Å². The first-order valence-electron chi connectivity index (χ1n) is 6.62. The van der Waals surface area contributed by atoms with Crippen molar-refractivity contribution in [3.05, 3.63) is 77.6 Å². The summed E-state index contributed by atoms with van der Waals surface area (Å²) in [5.74, 6) is 0. The molecule has 0 atom stereocenters. The Bertz CT molecular complexity index is 730. The Balaban J connectivity index is 2.62. The number of allylic oxidation sites excluding steroid dienone is 2. The predicted molar refractivity (Wildman–Crippen MR) is 91.5 cm³/mol. The Morgan fingerprint density at radius 3 is 2.67 bits per heavy atom. The van der Waals surface area contributed by atoms with Gasteiger partial charge in [-0.3, -0.25) is 4.98 Å². The average Bonchev–Trinajstić information content (AvgIpc) is 2.45. The van der Waals surface area contributed by atoms with Gasteiger partial charge in [-0.1, -0.05) is 30.8 Å². The molecule has 1 aromatic carbocycles. The SMILES string of the molecule is C=CC(=Nc1cccc(Cl)c1C(=C)C)c1cccnc1C. The standard InChI is InChI=1S/C18H17ClN2/c1-5-16(14-8-7-11-20-13(14)4)21-17-10-6-9-15(19)18(17)12(2)3/h5-11H,1-2H2,3-4H3. The van der Waals surface area contributed by atoms with E-state index < -0.39 is 0 Å². The second kappa shape index (κ2) is 6.51. The molecular weight excluding hydrogens is 280 g/mol. The topological polar surface area (TPSA) is 25.2 Å². The maximum Gasteiger partial charge on any atom is 0.0726 e. The van der Waals surface area contributed by atoms with Gasteiger partial charge in [0.05, 0.1) is 16.4 Å². The fourth-order valence-corrected chi connectivity index (χ4v) is 2.46. The van der Waals surface area contributed by atoms with Crippen LogP contribution in [0.2, 0.25) is 5.02 Å². The zero-order valence-corrected chi connectivity index (χ0v) is 13.0. The largest absolute Gasteiger partial charge is 0.261 e. The van der Waals surface area contributed by atoms with Crippen molar-refractivity contribution in [2.24, 2.45) is 4.99 Å². The monoisotopic (exact) mass is 296 g/mol. The Labute approximate surface area is 130 Å². The third kappa shape index (κ3) is 3.29. The van der Waals surface area contributed by atoms with Gasteiger partial charge in [-0.05, 0) is 49.8 Å². The molecule has 0 bridgehead atoms. The maximum atomic E-state index is 6.26. The van der Waals surface area contributed by atoms with E-state index >= 15 is 0 Å². The summed E-state index contributed by atoms with van der Waals surface area (Å²) in [6, 6.07) is 9.51. The Hall–Kier alpha value is -2.19. The van der Waals surface area contributed by atoms with E-state index in [2.05, 4.69) is 18.1 Å². The summed E-state index contributed by atoms with van der Waals surface area (Å²) in [7, 11) is 0. The Morgan fingerprint density at radius 2 is 2.05 bits per heavy atom. The third-order valence-electron chi connectivity index (χ3n) is 3.14. The molecule has 1 heterocycles. The second-order valence-electron chi connectivity index (χ2n) is 4.75. The Morgan fingerprint density at radius 1 is 1.29 bits per heavy atom. The maximum absolute atomic E-state index is 6.26. The second-order valence-corrected chi connectivity index (χ2v) is 5.16. The first kappa shape index (κ1) is 15.2. The van der Waals surface area contributed by atoms with Gasteiger partial charge in [0.25, 0.3) is 0 Å². The lowest BCUT2D eigenvalue weighted by atomic mass is 10.1.